The number of imidazole rings is 1. The van der Waals surface area contributed by atoms with E-state index in [2.05, 4.69) is 30.7 Å². The molecule has 1 aromatic heterocycles. The van der Waals surface area contributed by atoms with Crippen LogP contribution in [0.15, 0.2) is 0 Å². The van der Waals surface area contributed by atoms with Gasteiger partial charge in [0, 0.05) is 5.69 Å². The number of hydrogen-bond acceptors (Lipinski definition) is 2. The van der Waals surface area contributed by atoms with Gasteiger partial charge in [-0.3, -0.25) is 0 Å². The lowest BCUT2D eigenvalue weighted by Gasteiger charge is -2.19. The van der Waals surface area contributed by atoms with E-state index in [1.165, 1.54) is 30.7 Å². The minimum absolute atomic E-state index is 0.269. The molecule has 1 unspecified atom stereocenters. The third-order valence-corrected chi connectivity index (χ3v) is 3.33. The molecule has 0 saturated heterocycles. The van der Waals surface area contributed by atoms with Crippen LogP contribution in [0.25, 0.3) is 0 Å². The highest BCUT2D eigenvalue weighted by Gasteiger charge is 2.20. The number of rotatable bonds is 4. The molecule has 0 aliphatic heterocycles. The molecule has 0 amide bonds. The maximum atomic E-state index is 5.57. The van der Waals surface area contributed by atoms with Gasteiger partial charge >= 0.3 is 0 Å². The largest absolute Gasteiger partial charge is 0.371 e. The van der Waals surface area contributed by atoms with Crippen molar-refractivity contribution < 1.29 is 4.74 Å². The second kappa shape index (κ2) is 5.00. The molecule has 1 aliphatic rings. The predicted molar refractivity (Wildman–Crippen MR) is 64.3 cm³/mol. The Labute approximate surface area is 97.6 Å². The zero-order valence-electron chi connectivity index (χ0n) is 10.5. The van der Waals surface area contributed by atoms with E-state index < -0.39 is 0 Å². The molecule has 3 nitrogen and oxygen atoms in total. The first kappa shape index (κ1) is 11.6. The first-order valence-electron chi connectivity index (χ1n) is 6.37. The Kier molecular flexibility index (Phi) is 3.64. The number of nitrogens with one attached hydrogen (secondary N) is 1. The maximum Gasteiger partial charge on any atom is 0.132 e. The molecule has 1 aliphatic carbocycles. The molecule has 0 fully saturated rings. The molecule has 1 aromatic rings. The standard InChI is InChI=1S/C13H22N2O/c1-4-10-5-6-11-12(7-10)15-13(14-11)8-16-9(2)3/h9-10H,4-8H2,1-3H3,(H,14,15). The lowest BCUT2D eigenvalue weighted by Crippen LogP contribution is -2.12. The van der Waals surface area contributed by atoms with Crippen LogP contribution in [0.5, 0.6) is 0 Å². The molecule has 0 bridgehead atoms. The lowest BCUT2D eigenvalue weighted by molar-refractivity contribution is 0.0616. The molecule has 16 heavy (non-hydrogen) atoms. The Bertz CT molecular complexity index is 344. The summed E-state index contributed by atoms with van der Waals surface area (Å²) in [6, 6.07) is 0. The van der Waals surface area contributed by atoms with Crippen LogP contribution in [0.4, 0.5) is 0 Å². The fourth-order valence-electron chi connectivity index (χ4n) is 2.27. The van der Waals surface area contributed by atoms with Crippen molar-refractivity contribution in [2.24, 2.45) is 5.92 Å². The summed E-state index contributed by atoms with van der Waals surface area (Å²) in [4.78, 5) is 8.03. The molecule has 90 valence electrons. The van der Waals surface area contributed by atoms with Gasteiger partial charge in [0.05, 0.1) is 11.8 Å². The van der Waals surface area contributed by atoms with E-state index >= 15 is 0 Å². The molecule has 1 atom stereocenters. The Hall–Kier alpha value is -0.830. The highest BCUT2D eigenvalue weighted by Crippen LogP contribution is 2.25. The minimum atomic E-state index is 0.269. The number of H-pyrrole nitrogens is 1. The molecular formula is C13H22N2O. The Balaban J connectivity index is 2.01. The number of hydrogen-bond donors (Lipinski definition) is 1. The quantitative estimate of drug-likeness (QED) is 0.850. The van der Waals surface area contributed by atoms with Gasteiger partial charge in [-0.25, -0.2) is 4.98 Å². The summed E-state index contributed by atoms with van der Waals surface area (Å²) in [5, 5.41) is 0. The summed E-state index contributed by atoms with van der Waals surface area (Å²) < 4.78 is 5.57. The van der Waals surface area contributed by atoms with Crippen molar-refractivity contribution in [1.29, 1.82) is 0 Å². The molecular weight excluding hydrogens is 200 g/mol. The molecule has 0 saturated carbocycles. The van der Waals surface area contributed by atoms with Crippen molar-refractivity contribution in [3.63, 3.8) is 0 Å². The second-order valence-electron chi connectivity index (χ2n) is 4.99. The third-order valence-electron chi connectivity index (χ3n) is 3.33. The average molecular weight is 222 g/mol. The van der Waals surface area contributed by atoms with Gasteiger partial charge < -0.3 is 9.72 Å². The summed E-state index contributed by atoms with van der Waals surface area (Å²) in [6.45, 7) is 6.99. The summed E-state index contributed by atoms with van der Waals surface area (Å²) in [5.41, 5.74) is 2.62. The van der Waals surface area contributed by atoms with Gasteiger partial charge in [0.1, 0.15) is 12.4 Å². The van der Waals surface area contributed by atoms with E-state index in [9.17, 15) is 0 Å². The first-order chi connectivity index (χ1) is 7.69. The molecule has 3 heteroatoms. The Morgan fingerprint density at radius 2 is 2.31 bits per heavy atom. The van der Waals surface area contributed by atoms with Crippen molar-refractivity contribution in [3.8, 4) is 0 Å². The molecule has 1 N–H and O–H groups in total. The number of ether oxygens (including phenoxy) is 1. The summed E-state index contributed by atoms with van der Waals surface area (Å²) in [5.74, 6) is 1.84. The summed E-state index contributed by atoms with van der Waals surface area (Å²) in [7, 11) is 0. The van der Waals surface area contributed by atoms with E-state index in [1.54, 1.807) is 0 Å². The number of aryl methyl sites for hydroxylation is 1. The van der Waals surface area contributed by atoms with Gasteiger partial charge in [-0.05, 0) is 39.0 Å². The molecule has 0 spiro atoms. The van der Waals surface area contributed by atoms with Crippen molar-refractivity contribution in [3.05, 3.63) is 17.2 Å². The van der Waals surface area contributed by atoms with E-state index in [-0.39, 0.29) is 6.10 Å². The SMILES string of the molecule is CCC1CCc2nc(COC(C)C)[nH]c2C1. The van der Waals surface area contributed by atoms with Gasteiger partial charge in [0.15, 0.2) is 0 Å². The average Bonchev–Trinajstić information content (AvgIpc) is 2.67. The van der Waals surface area contributed by atoms with Crippen molar-refractivity contribution >= 4 is 0 Å². The summed E-state index contributed by atoms with van der Waals surface area (Å²) in [6.07, 6.45) is 5.13. The fraction of sp³-hybridized carbons (Fsp3) is 0.769. The zero-order valence-corrected chi connectivity index (χ0v) is 10.5. The third kappa shape index (κ3) is 2.64. The van der Waals surface area contributed by atoms with Crippen LogP contribution in [0.2, 0.25) is 0 Å². The minimum Gasteiger partial charge on any atom is -0.371 e. The van der Waals surface area contributed by atoms with Gasteiger partial charge in [-0.15, -0.1) is 0 Å². The van der Waals surface area contributed by atoms with Crippen LogP contribution < -0.4 is 0 Å². The van der Waals surface area contributed by atoms with E-state index in [1.807, 2.05) is 0 Å². The van der Waals surface area contributed by atoms with Gasteiger partial charge in [-0.1, -0.05) is 13.3 Å². The van der Waals surface area contributed by atoms with Crippen LogP contribution >= 0.6 is 0 Å². The molecule has 0 radical (unpaired) electrons. The number of aromatic amines is 1. The second-order valence-corrected chi connectivity index (χ2v) is 4.99. The topological polar surface area (TPSA) is 37.9 Å². The maximum absolute atomic E-state index is 5.57. The van der Waals surface area contributed by atoms with Crippen LogP contribution in [0.1, 0.15) is 50.8 Å². The van der Waals surface area contributed by atoms with Gasteiger partial charge in [0.25, 0.3) is 0 Å². The van der Waals surface area contributed by atoms with Crippen LogP contribution in [0, 0.1) is 5.92 Å². The molecule has 0 aromatic carbocycles. The molecule has 2 rings (SSSR count). The number of nitrogens with zero attached hydrogens (tertiary/aromatic N) is 1. The first-order valence-corrected chi connectivity index (χ1v) is 6.37. The van der Waals surface area contributed by atoms with Gasteiger partial charge in [0.2, 0.25) is 0 Å². The number of fused-ring (bicyclic) bond motifs is 1. The zero-order chi connectivity index (χ0) is 11.5. The van der Waals surface area contributed by atoms with E-state index in [0.717, 1.165) is 18.2 Å². The predicted octanol–water partition coefficient (Wildman–Crippen LogP) is 2.85. The molecule has 1 heterocycles. The smallest absolute Gasteiger partial charge is 0.132 e. The van der Waals surface area contributed by atoms with Crippen LogP contribution in [-0.4, -0.2) is 16.1 Å². The Morgan fingerprint density at radius 1 is 1.50 bits per heavy atom. The van der Waals surface area contributed by atoms with E-state index in [0.29, 0.717) is 6.61 Å². The normalized spacial score (nSPS) is 20.1. The lowest BCUT2D eigenvalue weighted by atomic mass is 9.88. The van der Waals surface area contributed by atoms with Crippen molar-refractivity contribution in [1.82, 2.24) is 9.97 Å². The highest BCUT2D eigenvalue weighted by molar-refractivity contribution is 5.18. The van der Waals surface area contributed by atoms with Crippen molar-refractivity contribution in [2.45, 2.75) is 59.2 Å². The van der Waals surface area contributed by atoms with Crippen LogP contribution in [-0.2, 0) is 24.2 Å². The summed E-state index contributed by atoms with van der Waals surface area (Å²) >= 11 is 0. The fourth-order valence-corrected chi connectivity index (χ4v) is 2.27. The number of aromatic nitrogens is 2. The van der Waals surface area contributed by atoms with Crippen LogP contribution in [0.3, 0.4) is 0 Å². The van der Waals surface area contributed by atoms with E-state index in [4.69, 9.17) is 4.74 Å². The van der Waals surface area contributed by atoms with Crippen molar-refractivity contribution in [2.75, 3.05) is 0 Å². The monoisotopic (exact) mass is 222 g/mol. The van der Waals surface area contributed by atoms with Gasteiger partial charge in [-0.2, -0.15) is 0 Å². The highest BCUT2D eigenvalue weighted by atomic mass is 16.5. The Morgan fingerprint density at radius 3 is 3.00 bits per heavy atom.